The number of anilines is 1. The number of aromatic amines is 1. The average molecular weight is 635 g/mol. The van der Waals surface area contributed by atoms with Gasteiger partial charge in [0.25, 0.3) is 11.5 Å². The van der Waals surface area contributed by atoms with Crippen LogP contribution in [0.1, 0.15) is 88.1 Å². The third kappa shape index (κ3) is 6.10. The molecule has 1 aliphatic carbocycles. The highest BCUT2D eigenvalue weighted by molar-refractivity contribution is 5.99. The Morgan fingerprint density at radius 3 is 2.54 bits per heavy atom. The summed E-state index contributed by atoms with van der Waals surface area (Å²) in [6.45, 7) is 10.8. The number of amides is 1. The third-order valence-electron chi connectivity index (χ3n) is 10.1. The van der Waals surface area contributed by atoms with E-state index in [1.54, 1.807) is 13.0 Å². The van der Waals surface area contributed by atoms with Crippen LogP contribution < -0.4 is 16.6 Å². The second-order valence-corrected chi connectivity index (χ2v) is 13.0. The van der Waals surface area contributed by atoms with Crippen LogP contribution in [0, 0.1) is 32.4 Å². The molecule has 3 heterocycles. The van der Waals surface area contributed by atoms with Crippen molar-refractivity contribution in [1.82, 2.24) is 9.88 Å². The van der Waals surface area contributed by atoms with Crippen LogP contribution in [0.15, 0.2) is 23.0 Å². The summed E-state index contributed by atoms with van der Waals surface area (Å²) in [4.78, 5) is 31.3. The van der Waals surface area contributed by atoms with Gasteiger partial charge in [0.1, 0.15) is 11.6 Å². The highest BCUT2D eigenvalue weighted by atomic mass is 19.1. The molecule has 8 nitrogen and oxygen atoms in total. The first-order valence-corrected chi connectivity index (χ1v) is 16.4. The second kappa shape index (κ2) is 13.3. The Morgan fingerprint density at radius 2 is 1.85 bits per heavy atom. The molecule has 46 heavy (non-hydrogen) atoms. The molecule has 3 unspecified atom stereocenters. The number of carbonyl (C=O) groups is 1. The largest absolute Gasteiger partial charge is 0.382 e. The molecule has 2 saturated heterocycles. The summed E-state index contributed by atoms with van der Waals surface area (Å²) in [5.41, 5.74) is 10.3. The van der Waals surface area contributed by atoms with Crippen LogP contribution in [0.2, 0.25) is 0 Å². The third-order valence-corrected chi connectivity index (χ3v) is 10.1. The summed E-state index contributed by atoms with van der Waals surface area (Å²) >= 11 is 0. The normalized spacial score (nSPS) is 21.7. The highest BCUT2D eigenvalue weighted by Gasteiger charge is 2.34. The van der Waals surface area contributed by atoms with Crippen LogP contribution >= 0.6 is 0 Å². The van der Waals surface area contributed by atoms with Crippen LogP contribution in [0.25, 0.3) is 11.1 Å². The van der Waals surface area contributed by atoms with Crippen molar-refractivity contribution in [3.05, 3.63) is 84.8 Å². The SMILES string of the molecule is CCC1CC(Nc2c(C)c(C(N)=O)c(F)c(-c3cc4c(cc3F)C(N3CCOCC3)CC4)c2Cc2c(C)cc(C)[nH]c2=O)CCO1. The molecule has 2 aromatic carbocycles. The van der Waals surface area contributed by atoms with E-state index in [4.69, 9.17) is 15.2 Å². The molecule has 3 atom stereocenters. The van der Waals surface area contributed by atoms with Crippen LogP contribution in [-0.4, -0.2) is 60.8 Å². The number of rotatable bonds is 8. The van der Waals surface area contributed by atoms with Crippen molar-refractivity contribution < 1.29 is 23.0 Å². The number of hydrogen-bond acceptors (Lipinski definition) is 6. The summed E-state index contributed by atoms with van der Waals surface area (Å²) in [5.74, 6) is -2.37. The molecule has 10 heteroatoms. The average Bonchev–Trinajstić information content (AvgIpc) is 3.43. The fraction of sp³-hybridized carbons (Fsp3) is 0.500. The monoisotopic (exact) mass is 634 g/mol. The number of benzene rings is 2. The van der Waals surface area contributed by atoms with Gasteiger partial charge in [0.15, 0.2) is 0 Å². The topological polar surface area (TPSA) is 110 Å². The first-order chi connectivity index (χ1) is 22.1. The lowest BCUT2D eigenvalue weighted by Crippen LogP contribution is -2.38. The number of nitrogens with zero attached hydrogens (tertiary/aromatic N) is 1. The number of aryl methyl sites for hydroxylation is 3. The number of pyridine rings is 1. The fourth-order valence-electron chi connectivity index (χ4n) is 7.69. The highest BCUT2D eigenvalue weighted by Crippen LogP contribution is 2.44. The maximum atomic E-state index is 16.8. The van der Waals surface area contributed by atoms with Crippen molar-refractivity contribution in [3.63, 3.8) is 0 Å². The molecule has 1 aromatic heterocycles. The van der Waals surface area contributed by atoms with Crippen molar-refractivity contribution in [2.45, 2.75) is 84.4 Å². The van der Waals surface area contributed by atoms with Crippen molar-refractivity contribution in [2.24, 2.45) is 5.73 Å². The van der Waals surface area contributed by atoms with Gasteiger partial charge in [0, 0.05) is 66.3 Å². The predicted octanol–water partition coefficient (Wildman–Crippen LogP) is 5.62. The Hall–Kier alpha value is -3.60. The lowest BCUT2D eigenvalue weighted by molar-refractivity contribution is 0.00923. The molecule has 2 fully saturated rings. The molecule has 1 amide bonds. The van der Waals surface area contributed by atoms with Gasteiger partial charge in [-0.25, -0.2) is 8.78 Å². The maximum absolute atomic E-state index is 16.8. The fourth-order valence-corrected chi connectivity index (χ4v) is 7.69. The molecule has 0 radical (unpaired) electrons. The van der Waals surface area contributed by atoms with Gasteiger partial charge < -0.3 is 25.5 Å². The molecule has 4 N–H and O–H groups in total. The lowest BCUT2D eigenvalue weighted by atomic mass is 9.85. The van der Waals surface area contributed by atoms with E-state index in [9.17, 15) is 9.59 Å². The van der Waals surface area contributed by atoms with Crippen LogP contribution in [0.4, 0.5) is 14.5 Å². The zero-order chi connectivity index (χ0) is 32.7. The molecule has 3 aliphatic rings. The van der Waals surface area contributed by atoms with Crippen LogP contribution in [-0.2, 0) is 22.3 Å². The number of ether oxygens (including phenoxy) is 2. The number of H-pyrrole nitrogens is 1. The van der Waals surface area contributed by atoms with E-state index in [1.807, 2.05) is 19.9 Å². The van der Waals surface area contributed by atoms with Crippen LogP contribution in [0.3, 0.4) is 0 Å². The Balaban J connectivity index is 1.56. The summed E-state index contributed by atoms with van der Waals surface area (Å²) in [5, 5.41) is 3.60. The standard InChI is InChI=1S/C36H44F2N4O4/c1-5-24-16-23(8-11-46-24)41-34-21(4)31(35(39)43)33(38)32(28(34)17-25-19(2)14-20(3)40-36(25)44)27-15-22-6-7-30(26(22)18-29(27)37)42-9-12-45-13-10-42/h14-15,18,23-24,30,41H,5-13,16-17H2,1-4H3,(H2,39,43)(H,40,44). The van der Waals surface area contributed by atoms with Crippen molar-refractivity contribution in [2.75, 3.05) is 38.2 Å². The predicted molar refractivity (Wildman–Crippen MR) is 175 cm³/mol. The zero-order valence-electron chi connectivity index (χ0n) is 27.2. The number of halogens is 2. The summed E-state index contributed by atoms with van der Waals surface area (Å²) in [7, 11) is 0. The van der Waals surface area contributed by atoms with Crippen molar-refractivity contribution in [1.29, 1.82) is 0 Å². The molecule has 2 aliphatic heterocycles. The Bertz CT molecular complexity index is 1720. The van der Waals surface area contributed by atoms with Gasteiger partial charge in [-0.05, 0) is 98.9 Å². The van der Waals surface area contributed by atoms with E-state index in [0.29, 0.717) is 60.7 Å². The van der Waals surface area contributed by atoms with Gasteiger partial charge in [-0.15, -0.1) is 0 Å². The Labute approximate surface area is 268 Å². The lowest BCUT2D eigenvalue weighted by Gasteiger charge is -2.33. The van der Waals surface area contributed by atoms with E-state index >= 15 is 8.78 Å². The number of nitrogens with two attached hydrogens (primary N) is 1. The van der Waals surface area contributed by atoms with E-state index in [0.717, 1.165) is 49.0 Å². The van der Waals surface area contributed by atoms with Crippen molar-refractivity contribution in [3.8, 4) is 11.1 Å². The maximum Gasteiger partial charge on any atom is 0.252 e. The van der Waals surface area contributed by atoms with E-state index in [2.05, 4.69) is 22.1 Å². The number of morpholine rings is 1. The Kier molecular flexibility index (Phi) is 9.32. The van der Waals surface area contributed by atoms with Crippen LogP contribution in [0.5, 0.6) is 0 Å². The smallest absolute Gasteiger partial charge is 0.252 e. The summed E-state index contributed by atoms with van der Waals surface area (Å²) in [6.07, 6.45) is 3.90. The van der Waals surface area contributed by atoms with Gasteiger partial charge in [0.2, 0.25) is 0 Å². The molecular weight excluding hydrogens is 590 g/mol. The molecule has 0 bridgehead atoms. The van der Waals surface area contributed by atoms with E-state index in [-0.39, 0.29) is 46.9 Å². The number of carbonyl (C=O) groups excluding carboxylic acids is 1. The number of fused-ring (bicyclic) bond motifs is 1. The molecule has 0 spiro atoms. The number of primary amides is 1. The van der Waals surface area contributed by atoms with Gasteiger partial charge in [0.05, 0.1) is 24.9 Å². The molecular formula is C36H44F2N4O4. The zero-order valence-corrected chi connectivity index (χ0v) is 27.2. The quantitative estimate of drug-likeness (QED) is 0.297. The first kappa shape index (κ1) is 32.3. The van der Waals surface area contributed by atoms with E-state index < -0.39 is 17.5 Å². The minimum atomic E-state index is -0.928. The van der Waals surface area contributed by atoms with Gasteiger partial charge in [-0.2, -0.15) is 0 Å². The van der Waals surface area contributed by atoms with Crippen molar-refractivity contribution >= 4 is 11.6 Å². The molecule has 0 saturated carbocycles. The minimum Gasteiger partial charge on any atom is -0.382 e. The summed E-state index contributed by atoms with van der Waals surface area (Å²) in [6, 6.07) is 5.18. The number of hydrogen-bond donors (Lipinski definition) is 3. The minimum absolute atomic E-state index is 0.0310. The second-order valence-electron chi connectivity index (χ2n) is 13.0. The van der Waals surface area contributed by atoms with Gasteiger partial charge in [-0.3, -0.25) is 14.5 Å². The van der Waals surface area contributed by atoms with E-state index in [1.165, 1.54) is 6.07 Å². The first-order valence-electron chi connectivity index (χ1n) is 16.4. The van der Waals surface area contributed by atoms with Gasteiger partial charge >= 0.3 is 0 Å². The molecule has 6 rings (SSSR count). The molecule has 246 valence electrons. The number of aromatic nitrogens is 1. The molecule has 3 aromatic rings. The van der Waals surface area contributed by atoms with Gasteiger partial charge in [-0.1, -0.05) is 6.92 Å². The Morgan fingerprint density at radius 1 is 1.09 bits per heavy atom. The number of nitrogens with one attached hydrogen (secondary N) is 2. The summed E-state index contributed by atoms with van der Waals surface area (Å²) < 4.78 is 44.8.